The van der Waals surface area contributed by atoms with E-state index in [1.165, 1.54) is 96.3 Å². The number of rotatable bonds is 30. The van der Waals surface area contributed by atoms with Gasteiger partial charge in [-0.15, -0.1) is 0 Å². The molecule has 0 heterocycles. The van der Waals surface area contributed by atoms with E-state index >= 15 is 0 Å². The fourth-order valence-electron chi connectivity index (χ4n) is 4.20. The van der Waals surface area contributed by atoms with E-state index in [0.29, 0.717) is 24.2 Å². The fourth-order valence-corrected chi connectivity index (χ4v) is 4.94. The Hall–Kier alpha value is -0.270. The third kappa shape index (κ3) is 30.5. The summed E-state index contributed by atoms with van der Waals surface area (Å²) in [5.74, 6) is 0. The molecule has 0 aromatic carbocycles. The number of phosphoric acid groups is 1. The van der Waals surface area contributed by atoms with E-state index in [-0.39, 0.29) is 13.2 Å². The summed E-state index contributed by atoms with van der Waals surface area (Å²) < 4.78 is 33.7. The standard InChI is InChI=1S/C31H64NO6P/c1-6-7-8-9-10-11-12-13-14-15-16-17-18-19-20-21-22-23-24-25-27-36-29-31(35-5)30-38-39(33,34)37-28-26-32(2,3)4/h20-21,31H,6-19,22-30H2,1-5H3/p+1/b21-20-/t31-/m1/s1. The number of hydrogen-bond acceptors (Lipinski definition) is 5. The zero-order valence-electron chi connectivity index (χ0n) is 26.4. The summed E-state index contributed by atoms with van der Waals surface area (Å²) in [5.41, 5.74) is 0. The van der Waals surface area contributed by atoms with Gasteiger partial charge >= 0.3 is 7.82 Å². The van der Waals surface area contributed by atoms with Crippen LogP contribution in [-0.4, -0.2) is 76.7 Å². The van der Waals surface area contributed by atoms with Crippen molar-refractivity contribution in [3.63, 3.8) is 0 Å². The SMILES string of the molecule is CCCCCCCCCCCCCCC/C=C\CCCCCOC[C@H](COP(=O)(O)OCC[N+](C)(C)C)OC. The van der Waals surface area contributed by atoms with Crippen LogP contribution >= 0.6 is 7.82 Å². The number of unbranched alkanes of at least 4 members (excludes halogenated alkanes) is 16. The van der Waals surface area contributed by atoms with E-state index < -0.39 is 13.9 Å². The van der Waals surface area contributed by atoms with Crippen molar-refractivity contribution in [1.82, 2.24) is 0 Å². The van der Waals surface area contributed by atoms with Gasteiger partial charge < -0.3 is 18.9 Å². The predicted molar refractivity (Wildman–Crippen MR) is 164 cm³/mol. The van der Waals surface area contributed by atoms with Gasteiger partial charge in [-0.1, -0.05) is 103 Å². The molecule has 0 spiro atoms. The molecule has 0 rings (SSSR count). The third-order valence-electron chi connectivity index (χ3n) is 6.88. The Kier molecular flexibility index (Phi) is 26.4. The second kappa shape index (κ2) is 26.6. The lowest BCUT2D eigenvalue weighted by Gasteiger charge is -2.24. The lowest BCUT2D eigenvalue weighted by Crippen LogP contribution is -2.37. The minimum absolute atomic E-state index is 0.0430. The summed E-state index contributed by atoms with van der Waals surface area (Å²) in [6.45, 7) is 3.98. The normalized spacial score (nSPS) is 14.7. The monoisotopic (exact) mass is 578 g/mol. The van der Waals surface area contributed by atoms with Gasteiger partial charge in [-0.2, -0.15) is 0 Å². The Morgan fingerprint density at radius 2 is 1.18 bits per heavy atom. The number of likely N-dealkylation sites (N-methyl/N-ethyl adjacent to an activating group) is 1. The van der Waals surface area contributed by atoms with E-state index in [1.807, 2.05) is 21.1 Å². The first kappa shape index (κ1) is 38.7. The molecular weight excluding hydrogens is 513 g/mol. The van der Waals surface area contributed by atoms with Crippen LogP contribution in [0.2, 0.25) is 0 Å². The molecular formula is C31H65NO6P+. The van der Waals surface area contributed by atoms with Crippen LogP contribution in [0.3, 0.4) is 0 Å². The lowest BCUT2D eigenvalue weighted by molar-refractivity contribution is -0.870. The van der Waals surface area contributed by atoms with Gasteiger partial charge in [0.1, 0.15) is 19.3 Å². The van der Waals surface area contributed by atoms with Crippen LogP contribution in [0.4, 0.5) is 0 Å². The minimum Gasteiger partial charge on any atom is -0.379 e. The topological polar surface area (TPSA) is 74.2 Å². The van der Waals surface area contributed by atoms with Gasteiger partial charge in [0.15, 0.2) is 0 Å². The van der Waals surface area contributed by atoms with E-state index in [2.05, 4.69) is 19.1 Å². The van der Waals surface area contributed by atoms with Gasteiger partial charge in [0, 0.05) is 13.7 Å². The Morgan fingerprint density at radius 3 is 1.67 bits per heavy atom. The maximum Gasteiger partial charge on any atom is 0.472 e. The van der Waals surface area contributed by atoms with Gasteiger partial charge in [-0.05, 0) is 32.1 Å². The molecule has 7 nitrogen and oxygen atoms in total. The Bertz CT molecular complexity index is 596. The molecule has 0 aliphatic heterocycles. The number of phosphoric ester groups is 1. The summed E-state index contributed by atoms with van der Waals surface area (Å²) in [7, 11) is 3.43. The predicted octanol–water partition coefficient (Wildman–Crippen LogP) is 8.46. The Labute approximate surface area is 242 Å². The molecule has 0 amide bonds. The van der Waals surface area contributed by atoms with Crippen molar-refractivity contribution in [2.75, 3.05) is 61.2 Å². The highest BCUT2D eigenvalue weighted by atomic mass is 31.2. The second-order valence-electron chi connectivity index (χ2n) is 11.9. The molecule has 234 valence electrons. The molecule has 0 radical (unpaired) electrons. The summed E-state index contributed by atoms with van der Waals surface area (Å²) in [5, 5.41) is 0. The van der Waals surface area contributed by atoms with E-state index in [4.69, 9.17) is 18.5 Å². The third-order valence-corrected chi connectivity index (χ3v) is 7.86. The van der Waals surface area contributed by atoms with Crippen molar-refractivity contribution in [2.45, 2.75) is 129 Å². The first-order chi connectivity index (χ1) is 18.7. The first-order valence-corrected chi connectivity index (χ1v) is 17.4. The molecule has 1 unspecified atom stereocenters. The van der Waals surface area contributed by atoms with Crippen molar-refractivity contribution in [2.24, 2.45) is 0 Å². The van der Waals surface area contributed by atoms with Gasteiger partial charge in [0.25, 0.3) is 0 Å². The van der Waals surface area contributed by atoms with Crippen molar-refractivity contribution in [3.05, 3.63) is 12.2 Å². The number of ether oxygens (including phenoxy) is 2. The van der Waals surface area contributed by atoms with Gasteiger partial charge in [-0.25, -0.2) is 4.57 Å². The molecule has 0 saturated carbocycles. The van der Waals surface area contributed by atoms with E-state index in [0.717, 1.165) is 19.3 Å². The maximum absolute atomic E-state index is 12.0. The summed E-state index contributed by atoms with van der Waals surface area (Å²) >= 11 is 0. The maximum atomic E-state index is 12.0. The van der Waals surface area contributed by atoms with Crippen molar-refractivity contribution in [1.29, 1.82) is 0 Å². The molecule has 39 heavy (non-hydrogen) atoms. The van der Waals surface area contributed by atoms with E-state index in [1.54, 1.807) is 7.11 Å². The first-order valence-electron chi connectivity index (χ1n) is 15.9. The zero-order chi connectivity index (χ0) is 29.1. The molecule has 0 aliphatic rings. The summed E-state index contributed by atoms with van der Waals surface area (Å²) in [4.78, 5) is 9.81. The fraction of sp³-hybridized carbons (Fsp3) is 0.935. The highest BCUT2D eigenvalue weighted by molar-refractivity contribution is 7.47. The number of hydrogen-bond donors (Lipinski definition) is 1. The van der Waals surface area contributed by atoms with Crippen LogP contribution in [0.25, 0.3) is 0 Å². The molecule has 0 bridgehead atoms. The minimum atomic E-state index is -4.08. The van der Waals surface area contributed by atoms with Crippen molar-refractivity contribution >= 4 is 7.82 Å². The molecule has 0 aliphatic carbocycles. The summed E-state index contributed by atoms with van der Waals surface area (Å²) in [6, 6.07) is 0. The van der Waals surface area contributed by atoms with Crippen molar-refractivity contribution < 1.29 is 32.5 Å². The Balaban J connectivity index is 3.49. The summed E-state index contributed by atoms with van der Waals surface area (Å²) in [6.07, 6.45) is 28.2. The molecule has 0 aromatic rings. The second-order valence-corrected chi connectivity index (χ2v) is 13.3. The molecule has 2 atom stereocenters. The molecule has 0 fully saturated rings. The van der Waals surface area contributed by atoms with Gasteiger partial charge in [-0.3, -0.25) is 9.05 Å². The van der Waals surface area contributed by atoms with Crippen LogP contribution in [0.1, 0.15) is 122 Å². The van der Waals surface area contributed by atoms with Crippen LogP contribution < -0.4 is 0 Å². The highest BCUT2D eigenvalue weighted by Crippen LogP contribution is 2.43. The van der Waals surface area contributed by atoms with Crippen LogP contribution in [0, 0.1) is 0 Å². The zero-order valence-corrected chi connectivity index (χ0v) is 27.3. The molecule has 0 saturated heterocycles. The lowest BCUT2D eigenvalue weighted by atomic mass is 10.0. The molecule has 1 N–H and O–H groups in total. The van der Waals surface area contributed by atoms with Crippen LogP contribution in [-0.2, 0) is 23.1 Å². The van der Waals surface area contributed by atoms with Crippen LogP contribution in [0.5, 0.6) is 0 Å². The van der Waals surface area contributed by atoms with Crippen LogP contribution in [0.15, 0.2) is 12.2 Å². The van der Waals surface area contributed by atoms with Gasteiger partial charge in [0.05, 0.1) is 34.4 Å². The largest absolute Gasteiger partial charge is 0.472 e. The quantitative estimate of drug-likeness (QED) is 0.0399. The number of nitrogens with zero attached hydrogens (tertiary/aromatic N) is 1. The van der Waals surface area contributed by atoms with Gasteiger partial charge in [0.2, 0.25) is 0 Å². The smallest absolute Gasteiger partial charge is 0.379 e. The van der Waals surface area contributed by atoms with E-state index in [9.17, 15) is 9.46 Å². The Morgan fingerprint density at radius 1 is 0.692 bits per heavy atom. The number of quaternary nitrogens is 1. The molecule has 8 heteroatoms. The average molecular weight is 579 g/mol. The average Bonchev–Trinajstić information content (AvgIpc) is 2.88. The molecule has 0 aromatic heterocycles. The highest BCUT2D eigenvalue weighted by Gasteiger charge is 2.24. The number of allylic oxidation sites excluding steroid dienone is 2. The number of methoxy groups -OCH3 is 1. The van der Waals surface area contributed by atoms with Crippen molar-refractivity contribution in [3.8, 4) is 0 Å².